The molecule has 1 aliphatic carbocycles. The van der Waals surface area contributed by atoms with Crippen molar-refractivity contribution in [3.05, 3.63) is 34.4 Å². The van der Waals surface area contributed by atoms with Gasteiger partial charge in [0.15, 0.2) is 0 Å². The van der Waals surface area contributed by atoms with Gasteiger partial charge in [0.05, 0.1) is 0 Å². The van der Waals surface area contributed by atoms with Crippen molar-refractivity contribution in [2.75, 3.05) is 0 Å². The highest BCUT2D eigenvalue weighted by Gasteiger charge is 2.37. The van der Waals surface area contributed by atoms with Crippen LogP contribution in [0.2, 0.25) is 0 Å². The van der Waals surface area contributed by atoms with E-state index in [-0.39, 0.29) is 0 Å². The highest BCUT2D eigenvalue weighted by Crippen LogP contribution is 2.46. The molecular weight excluding hydrogens is 240 g/mol. The lowest BCUT2D eigenvalue weighted by molar-refractivity contribution is 0.331. The Morgan fingerprint density at radius 3 is 2.00 bits per heavy atom. The standard InChI is InChI=1S/C20H32/c1-7-8-9-10-16-14-18-17(13-15(16)2)19(3,4)11-12-20(18,5)6/h13-14H,7-12H2,1-6H3. The highest BCUT2D eigenvalue weighted by molar-refractivity contribution is 5.46. The van der Waals surface area contributed by atoms with E-state index in [1.54, 1.807) is 16.7 Å². The second kappa shape index (κ2) is 5.54. The van der Waals surface area contributed by atoms with Crippen LogP contribution in [0.4, 0.5) is 0 Å². The lowest BCUT2D eigenvalue weighted by Crippen LogP contribution is -2.34. The molecule has 0 unspecified atom stereocenters. The highest BCUT2D eigenvalue weighted by atomic mass is 14.4. The fraction of sp³-hybridized carbons (Fsp3) is 0.700. The van der Waals surface area contributed by atoms with Crippen LogP contribution in [0.25, 0.3) is 0 Å². The van der Waals surface area contributed by atoms with Crippen LogP contribution in [0.15, 0.2) is 12.1 Å². The average Bonchev–Trinajstić information content (AvgIpc) is 2.37. The first-order chi connectivity index (χ1) is 9.28. The maximum atomic E-state index is 2.54. The van der Waals surface area contributed by atoms with Crippen molar-refractivity contribution in [3.8, 4) is 0 Å². The molecule has 0 atom stereocenters. The topological polar surface area (TPSA) is 0 Å². The summed E-state index contributed by atoms with van der Waals surface area (Å²) in [6.45, 7) is 14.3. The minimum atomic E-state index is 0.345. The molecule has 0 heteroatoms. The predicted octanol–water partition coefficient (Wildman–Crippen LogP) is 6.08. The van der Waals surface area contributed by atoms with E-state index in [2.05, 4.69) is 53.7 Å². The van der Waals surface area contributed by atoms with Crippen LogP contribution in [0.3, 0.4) is 0 Å². The summed E-state index contributed by atoms with van der Waals surface area (Å²) in [5.41, 5.74) is 7.00. The number of aryl methyl sites for hydroxylation is 2. The summed E-state index contributed by atoms with van der Waals surface area (Å²) in [5, 5.41) is 0. The van der Waals surface area contributed by atoms with Crippen LogP contribution in [-0.2, 0) is 17.3 Å². The Hall–Kier alpha value is -0.780. The number of benzene rings is 1. The number of rotatable bonds is 4. The Morgan fingerprint density at radius 1 is 0.900 bits per heavy atom. The van der Waals surface area contributed by atoms with E-state index >= 15 is 0 Å². The van der Waals surface area contributed by atoms with Gasteiger partial charge in [0.2, 0.25) is 0 Å². The third-order valence-corrected chi connectivity index (χ3v) is 5.36. The molecule has 0 nitrogen and oxygen atoms in total. The lowest BCUT2D eigenvalue weighted by atomic mass is 9.62. The van der Waals surface area contributed by atoms with Gasteiger partial charge in [-0.3, -0.25) is 0 Å². The van der Waals surface area contributed by atoms with Gasteiger partial charge in [-0.2, -0.15) is 0 Å². The van der Waals surface area contributed by atoms with Crippen LogP contribution in [0.1, 0.15) is 89.0 Å². The fourth-order valence-corrected chi connectivity index (χ4v) is 3.60. The normalized spacial score (nSPS) is 19.7. The molecule has 0 amide bonds. The Morgan fingerprint density at radius 2 is 1.45 bits per heavy atom. The SMILES string of the molecule is CCCCCc1cc2c(cc1C)C(C)(C)CCC2(C)C. The van der Waals surface area contributed by atoms with E-state index in [1.807, 2.05) is 0 Å². The van der Waals surface area contributed by atoms with Gasteiger partial charge in [0.25, 0.3) is 0 Å². The summed E-state index contributed by atoms with van der Waals surface area (Å²) in [7, 11) is 0. The van der Waals surface area contributed by atoms with Crippen molar-refractivity contribution in [1.82, 2.24) is 0 Å². The van der Waals surface area contributed by atoms with Crippen LogP contribution in [0, 0.1) is 6.92 Å². The summed E-state index contributed by atoms with van der Waals surface area (Å²) in [5.74, 6) is 0. The molecule has 0 aromatic heterocycles. The summed E-state index contributed by atoms with van der Waals surface area (Å²) in [4.78, 5) is 0. The van der Waals surface area contributed by atoms with E-state index in [0.717, 1.165) is 0 Å². The monoisotopic (exact) mass is 272 g/mol. The third-order valence-electron chi connectivity index (χ3n) is 5.36. The predicted molar refractivity (Wildman–Crippen MR) is 89.7 cm³/mol. The molecule has 0 N–H and O–H groups in total. The molecule has 2 rings (SSSR count). The van der Waals surface area contributed by atoms with Crippen molar-refractivity contribution in [3.63, 3.8) is 0 Å². The van der Waals surface area contributed by atoms with Gasteiger partial charge in [-0.1, -0.05) is 59.6 Å². The summed E-state index contributed by atoms with van der Waals surface area (Å²) >= 11 is 0. The first kappa shape index (κ1) is 15.6. The van der Waals surface area contributed by atoms with Gasteiger partial charge < -0.3 is 0 Å². The van der Waals surface area contributed by atoms with Crippen LogP contribution in [-0.4, -0.2) is 0 Å². The maximum Gasteiger partial charge on any atom is -0.0100 e. The zero-order valence-corrected chi connectivity index (χ0v) is 14.4. The molecule has 0 saturated heterocycles. The second-order valence-electron chi connectivity index (χ2n) is 8.05. The maximum absolute atomic E-state index is 2.54. The van der Waals surface area contributed by atoms with Gasteiger partial charge in [-0.05, 0) is 65.7 Å². The molecule has 112 valence electrons. The van der Waals surface area contributed by atoms with Crippen molar-refractivity contribution < 1.29 is 0 Å². The summed E-state index contributed by atoms with van der Waals surface area (Å²) in [6, 6.07) is 5.04. The first-order valence-corrected chi connectivity index (χ1v) is 8.42. The van der Waals surface area contributed by atoms with Gasteiger partial charge in [-0.25, -0.2) is 0 Å². The van der Waals surface area contributed by atoms with E-state index < -0.39 is 0 Å². The Labute approximate surface area is 126 Å². The van der Waals surface area contributed by atoms with E-state index in [1.165, 1.54) is 44.1 Å². The van der Waals surface area contributed by atoms with E-state index in [0.29, 0.717) is 10.8 Å². The molecule has 0 aliphatic heterocycles. The lowest BCUT2D eigenvalue weighted by Gasteiger charge is -2.42. The fourth-order valence-electron chi connectivity index (χ4n) is 3.60. The molecule has 1 aliphatic rings. The third kappa shape index (κ3) is 2.95. The molecular formula is C20H32. The minimum Gasteiger partial charge on any atom is -0.0654 e. The average molecular weight is 272 g/mol. The number of fused-ring (bicyclic) bond motifs is 1. The number of unbranched alkanes of at least 4 members (excludes halogenated alkanes) is 2. The first-order valence-electron chi connectivity index (χ1n) is 8.42. The molecule has 0 bridgehead atoms. The van der Waals surface area contributed by atoms with Gasteiger partial charge >= 0.3 is 0 Å². The van der Waals surface area contributed by atoms with Gasteiger partial charge in [0.1, 0.15) is 0 Å². The quantitative estimate of drug-likeness (QED) is 0.583. The zero-order valence-electron chi connectivity index (χ0n) is 14.4. The molecule has 1 aromatic carbocycles. The van der Waals surface area contributed by atoms with Crippen molar-refractivity contribution in [2.24, 2.45) is 0 Å². The van der Waals surface area contributed by atoms with E-state index in [4.69, 9.17) is 0 Å². The molecule has 0 saturated carbocycles. The molecule has 0 heterocycles. The number of hydrogen-bond donors (Lipinski definition) is 0. The zero-order chi connectivity index (χ0) is 15.0. The van der Waals surface area contributed by atoms with Crippen molar-refractivity contribution >= 4 is 0 Å². The molecule has 0 radical (unpaired) electrons. The van der Waals surface area contributed by atoms with Crippen molar-refractivity contribution in [1.29, 1.82) is 0 Å². The number of hydrogen-bond acceptors (Lipinski definition) is 0. The minimum absolute atomic E-state index is 0.345. The molecule has 20 heavy (non-hydrogen) atoms. The van der Waals surface area contributed by atoms with E-state index in [9.17, 15) is 0 Å². The largest absolute Gasteiger partial charge is 0.0654 e. The second-order valence-corrected chi connectivity index (χ2v) is 8.05. The molecule has 0 fully saturated rings. The van der Waals surface area contributed by atoms with Crippen LogP contribution >= 0.6 is 0 Å². The molecule has 1 aromatic rings. The summed E-state index contributed by atoms with van der Waals surface area (Å²) in [6.07, 6.45) is 7.86. The van der Waals surface area contributed by atoms with Gasteiger partial charge in [0, 0.05) is 0 Å². The summed E-state index contributed by atoms with van der Waals surface area (Å²) < 4.78 is 0. The Bertz CT molecular complexity index is 477. The van der Waals surface area contributed by atoms with Crippen molar-refractivity contribution in [2.45, 2.75) is 90.9 Å². The smallest absolute Gasteiger partial charge is 0.0100 e. The Kier molecular flexibility index (Phi) is 4.33. The van der Waals surface area contributed by atoms with Gasteiger partial charge in [-0.15, -0.1) is 0 Å². The Balaban J connectivity index is 2.41. The van der Waals surface area contributed by atoms with Crippen LogP contribution in [0.5, 0.6) is 0 Å². The molecule has 0 spiro atoms. The van der Waals surface area contributed by atoms with Crippen LogP contribution < -0.4 is 0 Å².